The predicted molar refractivity (Wildman–Crippen MR) is 69.3 cm³/mol. The third kappa shape index (κ3) is 2.12. The summed E-state index contributed by atoms with van der Waals surface area (Å²) in [5, 5.41) is 3.28. The molecule has 0 aromatic heterocycles. The van der Waals surface area contributed by atoms with Gasteiger partial charge in [0, 0.05) is 25.1 Å². The first-order valence-electron chi connectivity index (χ1n) is 6.18. The van der Waals surface area contributed by atoms with Crippen LogP contribution in [0.5, 0.6) is 5.75 Å². The highest BCUT2D eigenvalue weighted by Gasteiger charge is 2.40. The van der Waals surface area contributed by atoms with E-state index in [0.29, 0.717) is 6.42 Å². The number of benzene rings is 1. The molecule has 1 atom stereocenters. The fourth-order valence-electron chi connectivity index (χ4n) is 2.72. The highest BCUT2D eigenvalue weighted by Crippen LogP contribution is 2.33. The van der Waals surface area contributed by atoms with Gasteiger partial charge in [-0.1, -0.05) is 12.1 Å². The van der Waals surface area contributed by atoms with E-state index in [-0.39, 0.29) is 11.5 Å². The Morgan fingerprint density at radius 1 is 1.33 bits per heavy atom. The Hall–Kier alpha value is -1.07. The topological polar surface area (TPSA) is 55.4 Å². The zero-order chi connectivity index (χ0) is 12.8. The standard InChI is InChI=1S/C13H17NO3S/c1-13(5-6-18(15,16)9-13)17-12-4-2-3-10-7-14-8-11(10)12/h2-4,14H,5-9H2,1H3. The first-order chi connectivity index (χ1) is 8.48. The number of sulfone groups is 1. The quantitative estimate of drug-likeness (QED) is 0.876. The second-order valence-electron chi connectivity index (χ2n) is 5.39. The fraction of sp³-hybridized carbons (Fsp3) is 0.538. The van der Waals surface area contributed by atoms with Crippen molar-refractivity contribution in [2.24, 2.45) is 0 Å². The molecule has 1 unspecified atom stereocenters. The summed E-state index contributed by atoms with van der Waals surface area (Å²) in [6.45, 7) is 3.55. The van der Waals surface area contributed by atoms with Crippen LogP contribution in [0.1, 0.15) is 24.5 Å². The molecule has 0 bridgehead atoms. The Kier molecular flexibility index (Phi) is 2.64. The van der Waals surface area contributed by atoms with Crippen LogP contribution >= 0.6 is 0 Å². The van der Waals surface area contributed by atoms with Crippen molar-refractivity contribution in [3.05, 3.63) is 29.3 Å². The van der Waals surface area contributed by atoms with Crippen LogP contribution in [0.25, 0.3) is 0 Å². The molecule has 0 spiro atoms. The molecule has 98 valence electrons. The molecule has 2 aliphatic heterocycles. The molecule has 5 heteroatoms. The van der Waals surface area contributed by atoms with Crippen LogP contribution < -0.4 is 10.1 Å². The largest absolute Gasteiger partial charge is 0.486 e. The second kappa shape index (κ2) is 3.96. The van der Waals surface area contributed by atoms with Crippen LogP contribution in [0.2, 0.25) is 0 Å². The van der Waals surface area contributed by atoms with Crippen LogP contribution in [-0.4, -0.2) is 25.5 Å². The van der Waals surface area contributed by atoms with Crippen LogP contribution in [0.3, 0.4) is 0 Å². The van der Waals surface area contributed by atoms with E-state index in [1.807, 2.05) is 19.1 Å². The Balaban J connectivity index is 1.88. The van der Waals surface area contributed by atoms with Gasteiger partial charge in [0.2, 0.25) is 0 Å². The van der Waals surface area contributed by atoms with Gasteiger partial charge in [0.15, 0.2) is 9.84 Å². The van der Waals surface area contributed by atoms with Gasteiger partial charge < -0.3 is 10.1 Å². The fourth-order valence-corrected chi connectivity index (χ4v) is 4.74. The predicted octanol–water partition coefficient (Wildman–Crippen LogP) is 1.25. The average molecular weight is 267 g/mol. The Morgan fingerprint density at radius 2 is 2.17 bits per heavy atom. The molecular formula is C13H17NO3S. The molecule has 3 rings (SSSR count). The van der Waals surface area contributed by atoms with E-state index in [2.05, 4.69) is 11.4 Å². The lowest BCUT2D eigenvalue weighted by atomic mass is 10.1. The van der Waals surface area contributed by atoms with E-state index in [9.17, 15) is 8.42 Å². The Bertz CT molecular complexity index is 582. The van der Waals surface area contributed by atoms with Gasteiger partial charge in [-0.05, 0) is 18.6 Å². The van der Waals surface area contributed by atoms with Crippen molar-refractivity contribution < 1.29 is 13.2 Å². The number of nitrogens with one attached hydrogen (secondary N) is 1. The summed E-state index contributed by atoms with van der Waals surface area (Å²) in [4.78, 5) is 0. The molecule has 2 heterocycles. The molecule has 2 aliphatic rings. The highest BCUT2D eigenvalue weighted by atomic mass is 32.2. The summed E-state index contributed by atoms with van der Waals surface area (Å²) in [6, 6.07) is 5.98. The minimum atomic E-state index is -2.93. The number of fused-ring (bicyclic) bond motifs is 1. The van der Waals surface area contributed by atoms with Gasteiger partial charge in [-0.25, -0.2) is 8.42 Å². The summed E-state index contributed by atoms with van der Waals surface area (Å²) < 4.78 is 29.2. The van der Waals surface area contributed by atoms with E-state index < -0.39 is 15.4 Å². The molecule has 1 saturated heterocycles. The zero-order valence-corrected chi connectivity index (χ0v) is 11.2. The molecule has 1 fully saturated rings. The minimum Gasteiger partial charge on any atom is -0.486 e. The molecule has 0 amide bonds. The van der Waals surface area contributed by atoms with Crippen molar-refractivity contribution >= 4 is 9.84 Å². The maximum atomic E-state index is 11.6. The van der Waals surface area contributed by atoms with E-state index >= 15 is 0 Å². The van der Waals surface area contributed by atoms with Crippen LogP contribution in [0.4, 0.5) is 0 Å². The molecule has 0 aliphatic carbocycles. The number of hydrogen-bond acceptors (Lipinski definition) is 4. The van der Waals surface area contributed by atoms with E-state index in [1.165, 1.54) is 11.1 Å². The van der Waals surface area contributed by atoms with E-state index in [4.69, 9.17) is 4.74 Å². The van der Waals surface area contributed by atoms with E-state index in [0.717, 1.165) is 18.8 Å². The number of rotatable bonds is 2. The summed E-state index contributed by atoms with van der Waals surface area (Å²) in [6.07, 6.45) is 0.576. The molecular weight excluding hydrogens is 250 g/mol. The SMILES string of the molecule is CC1(Oc2cccc3c2CNC3)CCS(=O)(=O)C1. The van der Waals surface area contributed by atoms with Crippen LogP contribution in [0, 0.1) is 0 Å². The Morgan fingerprint density at radius 3 is 2.89 bits per heavy atom. The monoisotopic (exact) mass is 267 g/mol. The van der Waals surface area contributed by atoms with Crippen molar-refractivity contribution in [2.75, 3.05) is 11.5 Å². The van der Waals surface area contributed by atoms with Gasteiger partial charge in [-0.15, -0.1) is 0 Å². The lowest BCUT2D eigenvalue weighted by Gasteiger charge is -2.25. The molecule has 18 heavy (non-hydrogen) atoms. The van der Waals surface area contributed by atoms with Gasteiger partial charge in [0.05, 0.1) is 11.5 Å². The third-order valence-electron chi connectivity index (χ3n) is 3.67. The summed E-state index contributed by atoms with van der Waals surface area (Å²) in [5.41, 5.74) is 1.84. The first kappa shape index (κ1) is 12.0. The van der Waals surface area contributed by atoms with Crippen molar-refractivity contribution in [3.63, 3.8) is 0 Å². The lowest BCUT2D eigenvalue weighted by Crippen LogP contribution is -2.33. The average Bonchev–Trinajstić information content (AvgIpc) is 2.84. The van der Waals surface area contributed by atoms with Crippen LogP contribution in [-0.2, 0) is 22.9 Å². The van der Waals surface area contributed by atoms with Gasteiger partial charge >= 0.3 is 0 Å². The molecule has 1 aromatic rings. The van der Waals surface area contributed by atoms with E-state index in [1.54, 1.807) is 0 Å². The van der Waals surface area contributed by atoms with Gasteiger partial charge in [-0.2, -0.15) is 0 Å². The maximum Gasteiger partial charge on any atom is 0.154 e. The molecule has 1 N–H and O–H groups in total. The number of hydrogen-bond donors (Lipinski definition) is 1. The Labute approximate surface area is 107 Å². The smallest absolute Gasteiger partial charge is 0.154 e. The summed E-state index contributed by atoms with van der Waals surface area (Å²) in [7, 11) is -2.93. The van der Waals surface area contributed by atoms with Gasteiger partial charge in [0.25, 0.3) is 0 Å². The molecule has 4 nitrogen and oxygen atoms in total. The number of ether oxygens (including phenoxy) is 1. The van der Waals surface area contributed by atoms with Crippen molar-refractivity contribution in [1.82, 2.24) is 5.32 Å². The summed E-state index contributed by atoms with van der Waals surface area (Å²) >= 11 is 0. The molecule has 0 radical (unpaired) electrons. The normalized spacial score (nSPS) is 29.2. The van der Waals surface area contributed by atoms with Crippen molar-refractivity contribution in [2.45, 2.75) is 32.0 Å². The second-order valence-corrected chi connectivity index (χ2v) is 7.58. The summed E-state index contributed by atoms with van der Waals surface area (Å²) in [5.74, 6) is 1.19. The van der Waals surface area contributed by atoms with Crippen LogP contribution in [0.15, 0.2) is 18.2 Å². The maximum absolute atomic E-state index is 11.6. The zero-order valence-electron chi connectivity index (χ0n) is 10.4. The first-order valence-corrected chi connectivity index (χ1v) is 8.01. The van der Waals surface area contributed by atoms with Crippen molar-refractivity contribution in [3.8, 4) is 5.75 Å². The van der Waals surface area contributed by atoms with Gasteiger partial charge in [-0.3, -0.25) is 0 Å². The lowest BCUT2D eigenvalue weighted by molar-refractivity contribution is 0.116. The molecule has 0 saturated carbocycles. The third-order valence-corrected chi connectivity index (χ3v) is 5.55. The highest BCUT2D eigenvalue weighted by molar-refractivity contribution is 7.91. The molecule has 1 aromatic carbocycles. The van der Waals surface area contributed by atoms with Crippen molar-refractivity contribution in [1.29, 1.82) is 0 Å². The van der Waals surface area contributed by atoms with Gasteiger partial charge in [0.1, 0.15) is 11.4 Å². The minimum absolute atomic E-state index is 0.122.